The molecule has 0 bridgehead atoms. The molecule has 2 rings (SSSR count). The predicted molar refractivity (Wildman–Crippen MR) is 70.3 cm³/mol. The Hall–Kier alpha value is -1.03. The van der Waals surface area contributed by atoms with E-state index in [1.807, 2.05) is 12.1 Å². The molecule has 0 aliphatic carbocycles. The number of hydrogen-bond acceptors (Lipinski definition) is 3. The first-order chi connectivity index (χ1) is 7.77. The summed E-state index contributed by atoms with van der Waals surface area (Å²) < 4.78 is 24.2. The van der Waals surface area contributed by atoms with E-state index in [-0.39, 0.29) is 0 Å². The quantitative estimate of drug-likeness (QED) is 0.837. The second-order valence-corrected chi connectivity index (χ2v) is 8.04. The highest BCUT2D eigenvalue weighted by atomic mass is 32.2. The third-order valence-corrected chi connectivity index (χ3v) is 5.91. The van der Waals surface area contributed by atoms with Gasteiger partial charge in [0.2, 0.25) is 0 Å². The summed E-state index contributed by atoms with van der Waals surface area (Å²) in [5.41, 5.74) is 1.86. The van der Waals surface area contributed by atoms with Crippen LogP contribution in [0.2, 0.25) is 0 Å². The zero-order valence-corrected chi connectivity index (χ0v) is 11.6. The fourth-order valence-electron chi connectivity index (χ4n) is 2.14. The van der Waals surface area contributed by atoms with Crippen LogP contribution in [0, 0.1) is 0 Å². The Morgan fingerprint density at radius 3 is 2.53 bits per heavy atom. The van der Waals surface area contributed by atoms with E-state index >= 15 is 0 Å². The van der Waals surface area contributed by atoms with Crippen LogP contribution in [-0.4, -0.2) is 19.7 Å². The molecule has 0 aromatic heterocycles. The lowest BCUT2D eigenvalue weighted by molar-refractivity contribution is 0.547. The van der Waals surface area contributed by atoms with Crippen LogP contribution in [0.3, 0.4) is 0 Å². The monoisotopic (exact) mass is 253 g/mol. The van der Waals surface area contributed by atoms with Crippen LogP contribution in [0.1, 0.15) is 39.2 Å². The lowest BCUT2D eigenvalue weighted by Crippen LogP contribution is -2.43. The molecule has 1 heterocycles. The van der Waals surface area contributed by atoms with Gasteiger partial charge in [-0.05, 0) is 31.4 Å². The molecule has 17 heavy (non-hydrogen) atoms. The number of para-hydroxylation sites is 1. The van der Waals surface area contributed by atoms with Crippen molar-refractivity contribution in [1.29, 1.82) is 0 Å². The minimum Gasteiger partial charge on any atom is -0.382 e. The third-order valence-electron chi connectivity index (χ3n) is 3.39. The van der Waals surface area contributed by atoms with Crippen molar-refractivity contribution in [2.45, 2.75) is 43.3 Å². The van der Waals surface area contributed by atoms with E-state index in [4.69, 9.17) is 0 Å². The van der Waals surface area contributed by atoms with Crippen LogP contribution < -0.4 is 5.32 Å². The van der Waals surface area contributed by atoms with Crippen molar-refractivity contribution in [3.63, 3.8) is 0 Å². The highest BCUT2D eigenvalue weighted by molar-refractivity contribution is 7.93. The Kier molecular flexibility index (Phi) is 2.73. The third kappa shape index (κ3) is 1.75. The normalized spacial score (nSPS) is 20.8. The van der Waals surface area contributed by atoms with Gasteiger partial charge in [0.15, 0.2) is 9.84 Å². The minimum atomic E-state index is -3.24. The Bertz CT molecular complexity index is 545. The average molecular weight is 253 g/mol. The first-order valence-electron chi connectivity index (χ1n) is 5.89. The van der Waals surface area contributed by atoms with E-state index in [1.54, 1.807) is 19.9 Å². The van der Waals surface area contributed by atoms with Crippen LogP contribution in [0.15, 0.2) is 23.1 Å². The van der Waals surface area contributed by atoms with Crippen LogP contribution in [0.4, 0.5) is 5.69 Å². The maximum Gasteiger partial charge on any atom is 0.187 e. The second-order valence-electron chi connectivity index (χ2n) is 5.49. The Balaban J connectivity index is 2.71. The number of fused-ring (bicyclic) bond motifs is 1. The predicted octanol–water partition coefficient (Wildman–Crippen LogP) is 2.79. The van der Waals surface area contributed by atoms with Crippen molar-refractivity contribution in [2.75, 3.05) is 11.9 Å². The number of nitrogens with one attached hydrogen (secondary N) is 1. The number of sulfone groups is 1. The van der Waals surface area contributed by atoms with Gasteiger partial charge in [-0.1, -0.05) is 26.0 Å². The molecule has 1 aromatic rings. The standard InChI is InChI=1S/C13H19NO2S/c1-9(2)10-6-5-7-11-12(10)14-8-13(3,4)17(11,15)16/h5-7,9,14H,8H2,1-4H3. The summed E-state index contributed by atoms with van der Waals surface area (Å²) in [5.74, 6) is 0.314. The van der Waals surface area contributed by atoms with Gasteiger partial charge in [0.25, 0.3) is 0 Å². The van der Waals surface area contributed by atoms with Crippen molar-refractivity contribution in [2.24, 2.45) is 0 Å². The summed E-state index contributed by atoms with van der Waals surface area (Å²) in [5, 5.41) is 3.28. The molecular formula is C13H19NO2S. The Labute approximate surface area is 103 Å². The van der Waals surface area contributed by atoms with Crippen molar-refractivity contribution < 1.29 is 8.42 Å². The second kappa shape index (κ2) is 3.73. The van der Waals surface area contributed by atoms with Gasteiger partial charge in [0.05, 0.1) is 15.3 Å². The zero-order chi connectivity index (χ0) is 12.8. The molecule has 1 aliphatic rings. The molecule has 0 saturated heterocycles. The summed E-state index contributed by atoms with van der Waals surface area (Å²) in [6, 6.07) is 5.52. The van der Waals surface area contributed by atoms with E-state index in [0.717, 1.165) is 11.3 Å². The molecule has 1 N–H and O–H groups in total. The van der Waals surface area contributed by atoms with E-state index in [2.05, 4.69) is 19.2 Å². The van der Waals surface area contributed by atoms with Crippen LogP contribution in [-0.2, 0) is 9.84 Å². The van der Waals surface area contributed by atoms with E-state index in [1.165, 1.54) is 0 Å². The van der Waals surface area contributed by atoms with Crippen molar-refractivity contribution in [1.82, 2.24) is 0 Å². The van der Waals surface area contributed by atoms with Gasteiger partial charge in [-0.2, -0.15) is 0 Å². The van der Waals surface area contributed by atoms with E-state index < -0.39 is 14.6 Å². The molecule has 0 spiro atoms. The van der Waals surface area contributed by atoms with Crippen molar-refractivity contribution >= 4 is 15.5 Å². The Morgan fingerprint density at radius 1 is 1.29 bits per heavy atom. The number of rotatable bonds is 1. The number of anilines is 1. The molecule has 0 radical (unpaired) electrons. The van der Waals surface area contributed by atoms with Crippen LogP contribution >= 0.6 is 0 Å². The molecule has 0 atom stereocenters. The van der Waals surface area contributed by atoms with Crippen LogP contribution in [0.5, 0.6) is 0 Å². The fourth-order valence-corrected chi connectivity index (χ4v) is 3.71. The summed E-state index contributed by atoms with van der Waals surface area (Å²) in [6.07, 6.45) is 0. The molecule has 1 aromatic carbocycles. The summed E-state index contributed by atoms with van der Waals surface area (Å²) >= 11 is 0. The zero-order valence-electron chi connectivity index (χ0n) is 10.7. The fraction of sp³-hybridized carbons (Fsp3) is 0.538. The van der Waals surface area contributed by atoms with Gasteiger partial charge in [0, 0.05) is 6.54 Å². The first-order valence-corrected chi connectivity index (χ1v) is 7.37. The van der Waals surface area contributed by atoms with Gasteiger partial charge in [0.1, 0.15) is 0 Å². The lowest BCUT2D eigenvalue weighted by atomic mass is 10.0. The molecule has 0 amide bonds. The molecule has 0 unspecified atom stereocenters. The SMILES string of the molecule is CC(C)c1cccc2c1NCC(C)(C)S2(=O)=O. The minimum absolute atomic E-state index is 0.314. The molecular weight excluding hydrogens is 234 g/mol. The summed E-state index contributed by atoms with van der Waals surface area (Å²) in [6.45, 7) is 8.14. The van der Waals surface area contributed by atoms with Gasteiger partial charge >= 0.3 is 0 Å². The maximum absolute atomic E-state index is 12.5. The highest BCUT2D eigenvalue weighted by Gasteiger charge is 2.41. The maximum atomic E-state index is 12.5. The average Bonchev–Trinajstić information content (AvgIpc) is 2.23. The van der Waals surface area contributed by atoms with E-state index in [0.29, 0.717) is 17.4 Å². The molecule has 1 aliphatic heterocycles. The summed E-state index contributed by atoms with van der Waals surface area (Å²) in [7, 11) is -3.24. The van der Waals surface area contributed by atoms with Crippen LogP contribution in [0.25, 0.3) is 0 Å². The molecule has 0 saturated carbocycles. The summed E-state index contributed by atoms with van der Waals surface area (Å²) in [4.78, 5) is 0.444. The lowest BCUT2D eigenvalue weighted by Gasteiger charge is -2.33. The van der Waals surface area contributed by atoms with Gasteiger partial charge in [-0.3, -0.25) is 0 Å². The molecule has 0 fully saturated rings. The number of hydrogen-bond donors (Lipinski definition) is 1. The molecule has 4 heteroatoms. The topological polar surface area (TPSA) is 46.2 Å². The van der Waals surface area contributed by atoms with Crippen molar-refractivity contribution in [3.8, 4) is 0 Å². The van der Waals surface area contributed by atoms with Gasteiger partial charge in [-0.25, -0.2) is 8.42 Å². The first kappa shape index (κ1) is 12.4. The van der Waals surface area contributed by atoms with E-state index in [9.17, 15) is 8.42 Å². The highest BCUT2D eigenvalue weighted by Crippen LogP contribution is 2.39. The smallest absolute Gasteiger partial charge is 0.187 e. The molecule has 3 nitrogen and oxygen atoms in total. The Morgan fingerprint density at radius 2 is 1.94 bits per heavy atom. The molecule has 94 valence electrons. The largest absolute Gasteiger partial charge is 0.382 e. The van der Waals surface area contributed by atoms with Gasteiger partial charge < -0.3 is 5.32 Å². The van der Waals surface area contributed by atoms with Crippen molar-refractivity contribution in [3.05, 3.63) is 23.8 Å². The number of benzene rings is 1. The van der Waals surface area contributed by atoms with Gasteiger partial charge in [-0.15, -0.1) is 0 Å².